The average molecular weight is 929 g/mol. The van der Waals surface area contributed by atoms with Gasteiger partial charge < -0.3 is 5.32 Å². The van der Waals surface area contributed by atoms with Crippen LogP contribution < -0.4 is 15.6 Å². The van der Waals surface area contributed by atoms with Crippen molar-refractivity contribution >= 4 is 44.3 Å². The number of anilines is 1. The third-order valence-corrected chi connectivity index (χ3v) is 11.2. The Morgan fingerprint density at radius 2 is 1.65 bits per heavy atom. The summed E-state index contributed by atoms with van der Waals surface area (Å²) in [5.74, 6) is -10.6. The molecule has 63 heavy (non-hydrogen) atoms. The lowest BCUT2D eigenvalue weighted by molar-refractivity contribution is -0.141. The van der Waals surface area contributed by atoms with Crippen molar-refractivity contribution in [3.63, 3.8) is 0 Å². The lowest BCUT2D eigenvalue weighted by atomic mass is 10.0. The molecule has 14 nitrogen and oxygen atoms in total. The van der Waals surface area contributed by atoms with Gasteiger partial charge in [0.05, 0.1) is 33.9 Å². The van der Waals surface area contributed by atoms with E-state index in [0.717, 1.165) is 30.3 Å². The van der Waals surface area contributed by atoms with Crippen molar-refractivity contribution in [2.75, 3.05) is 11.0 Å². The number of halogens is 10. The van der Waals surface area contributed by atoms with Crippen LogP contribution in [0.5, 0.6) is 0 Å². The number of fused-ring (bicyclic) bond motifs is 4. The molecule has 0 radical (unpaired) electrons. The van der Waals surface area contributed by atoms with Crippen molar-refractivity contribution in [3.05, 3.63) is 109 Å². The molecule has 1 fully saturated rings. The number of nitrogens with zero attached hydrogens (tertiary/aromatic N) is 8. The molecule has 2 aromatic carbocycles. The largest absolute Gasteiger partial charge is 0.408 e. The molecule has 2 aliphatic rings. The molecule has 0 bridgehead atoms. The van der Waals surface area contributed by atoms with E-state index in [-0.39, 0.29) is 34.1 Å². The molecule has 2 N–H and O–H groups in total. The van der Waals surface area contributed by atoms with Gasteiger partial charge in [-0.2, -0.15) is 32.1 Å². The van der Waals surface area contributed by atoms with E-state index in [1.54, 1.807) is 19.9 Å². The van der Waals surface area contributed by atoms with Gasteiger partial charge in [0.15, 0.2) is 11.6 Å². The van der Waals surface area contributed by atoms with Gasteiger partial charge in [-0.25, -0.2) is 40.9 Å². The third kappa shape index (κ3) is 8.44. The van der Waals surface area contributed by atoms with Gasteiger partial charge in [-0.3, -0.25) is 28.2 Å². The van der Waals surface area contributed by atoms with Crippen LogP contribution in [0, 0.1) is 31.4 Å². The molecule has 332 valence electrons. The van der Waals surface area contributed by atoms with E-state index in [4.69, 9.17) is 11.6 Å². The quantitative estimate of drug-likeness (QED) is 0.123. The lowest BCUT2D eigenvalue weighted by Gasteiger charge is -2.24. The van der Waals surface area contributed by atoms with Crippen molar-refractivity contribution in [1.82, 2.24) is 44.4 Å². The summed E-state index contributed by atoms with van der Waals surface area (Å²) < 4.78 is 159. The first-order valence-electron chi connectivity index (χ1n) is 18.6. The highest BCUT2D eigenvalue weighted by atomic mass is 35.5. The van der Waals surface area contributed by atoms with E-state index in [2.05, 4.69) is 30.5 Å². The van der Waals surface area contributed by atoms with Gasteiger partial charge in [0.1, 0.15) is 47.6 Å². The summed E-state index contributed by atoms with van der Waals surface area (Å²) in [6, 6.07) is 5.10. The molecule has 0 saturated heterocycles. The van der Waals surface area contributed by atoms with Gasteiger partial charge in [0.25, 0.3) is 17.9 Å². The maximum Gasteiger partial charge on any atom is 0.408 e. The Balaban J connectivity index is 1.36. The first kappa shape index (κ1) is 43.6. The topological polar surface area (TPSA) is 172 Å². The van der Waals surface area contributed by atoms with E-state index in [0.29, 0.717) is 37.6 Å². The maximum absolute atomic E-state index is 15.5. The molecule has 6 aromatic rings. The van der Waals surface area contributed by atoms with Gasteiger partial charge in [-0.1, -0.05) is 11.6 Å². The van der Waals surface area contributed by atoms with Crippen LogP contribution >= 0.6 is 11.6 Å². The monoisotopic (exact) mass is 928 g/mol. The molecule has 4 aromatic heterocycles. The van der Waals surface area contributed by atoms with Crippen LogP contribution in [0.3, 0.4) is 0 Å². The zero-order valence-electron chi connectivity index (χ0n) is 32.6. The fraction of sp³-hybridized carbons (Fsp3) is 0.342. The van der Waals surface area contributed by atoms with Gasteiger partial charge in [0, 0.05) is 41.4 Å². The molecular formula is C38H30ClF9N10O4S. The van der Waals surface area contributed by atoms with Crippen LogP contribution in [0.15, 0.2) is 47.3 Å². The molecular weight excluding hydrogens is 899 g/mol. The predicted octanol–water partition coefficient (Wildman–Crippen LogP) is 6.96. The minimum Gasteiger partial charge on any atom is -0.344 e. The number of sulfonamides is 1. The second-order valence-corrected chi connectivity index (χ2v) is 17.4. The zero-order valence-corrected chi connectivity index (χ0v) is 34.2. The Labute approximate surface area is 354 Å². The van der Waals surface area contributed by atoms with Crippen LogP contribution in [0.25, 0.3) is 28.1 Å². The van der Waals surface area contributed by atoms with E-state index in [9.17, 15) is 48.7 Å². The fourth-order valence-corrected chi connectivity index (χ4v) is 8.77. The smallest absolute Gasteiger partial charge is 0.344 e. The summed E-state index contributed by atoms with van der Waals surface area (Å²) in [6.45, 7) is 0.202. The van der Waals surface area contributed by atoms with Crippen LogP contribution in [0.4, 0.5) is 45.3 Å². The van der Waals surface area contributed by atoms with Crippen molar-refractivity contribution < 1.29 is 52.7 Å². The number of amides is 1. The van der Waals surface area contributed by atoms with E-state index >= 15 is 8.78 Å². The van der Waals surface area contributed by atoms with Crippen molar-refractivity contribution in [3.8, 4) is 17.2 Å². The van der Waals surface area contributed by atoms with Crippen molar-refractivity contribution in [1.29, 1.82) is 0 Å². The average Bonchev–Trinajstić information content (AvgIpc) is 3.67. The van der Waals surface area contributed by atoms with Crippen LogP contribution in [-0.2, 0) is 40.3 Å². The number of aryl methyl sites for hydroxylation is 2. The summed E-state index contributed by atoms with van der Waals surface area (Å²) >= 11 is 6.46. The third-order valence-electron chi connectivity index (χ3n) is 10.3. The number of carbonyl (C=O) groups excluding carboxylic acids is 1. The number of carbonyl (C=O) groups is 1. The van der Waals surface area contributed by atoms with Gasteiger partial charge in [0.2, 0.25) is 15.9 Å². The van der Waals surface area contributed by atoms with E-state index < -0.39 is 129 Å². The van der Waals surface area contributed by atoms with E-state index in [1.165, 1.54) is 0 Å². The first-order chi connectivity index (χ1) is 29.4. The van der Waals surface area contributed by atoms with Gasteiger partial charge >= 0.3 is 6.18 Å². The molecule has 1 amide bonds. The zero-order chi connectivity index (χ0) is 45.7. The Hall–Kier alpha value is -6.04. The number of hydrogen-bond acceptors (Lipinski definition) is 9. The Morgan fingerprint density at radius 1 is 0.984 bits per heavy atom. The number of hydrogen-bond donors (Lipinski definition) is 2. The second-order valence-electron chi connectivity index (χ2n) is 15.2. The highest BCUT2D eigenvalue weighted by Gasteiger charge is 2.67. The molecule has 0 aliphatic heterocycles. The molecule has 0 spiro atoms. The highest BCUT2D eigenvalue weighted by molar-refractivity contribution is 7.92. The normalized spacial score (nSPS) is 17.2. The molecule has 25 heteroatoms. The lowest BCUT2D eigenvalue weighted by Crippen LogP contribution is -2.38. The van der Waals surface area contributed by atoms with Crippen LogP contribution in [0.1, 0.15) is 64.5 Å². The summed E-state index contributed by atoms with van der Waals surface area (Å²) in [7, 11) is -4.23. The van der Waals surface area contributed by atoms with Gasteiger partial charge in [-0.05, 0) is 62.1 Å². The first-order valence-corrected chi connectivity index (χ1v) is 20.9. The molecule has 3 atom stereocenters. The van der Waals surface area contributed by atoms with Crippen LogP contribution in [0.2, 0.25) is 5.02 Å². The number of aromatic nitrogens is 8. The maximum atomic E-state index is 15.5. The standard InChI is InChI=1S/C38H30ClF9N10O4S/c1-15-6-16(2)50-34(49-15)23-12-27(60)58(25-5-4-22(39)29-31(25)57(14-37(44,45)46)54-35(29)55-63(3,61)62)36(52-23)24(9-17-7-18(40)10-19(41)8-17)51-26(59)13-56-32-28(30(53-56)33(42)43)20-11-21(20)38(32,47)48/h4-8,10,12,20-21,24,33H,9,11,13-14H2,1-3H3,(H,51,59)(H,54,55)/t20-,21+,24-/m0/s1. The van der Waals surface area contributed by atoms with Crippen LogP contribution in [-0.4, -0.2) is 65.8 Å². The molecule has 8 rings (SSSR count). The second kappa shape index (κ2) is 15.3. The molecule has 2 aliphatic carbocycles. The fourth-order valence-electron chi connectivity index (χ4n) is 8.03. The minimum absolute atomic E-state index is 0.0702. The van der Waals surface area contributed by atoms with Crippen molar-refractivity contribution in [2.45, 2.75) is 70.3 Å². The Kier molecular flexibility index (Phi) is 10.6. The SMILES string of the molecule is Cc1cc(C)nc(-c2cc(=O)n(-c3ccc(Cl)c4c(NS(C)(=O)=O)nn(CC(F)(F)F)c34)c([C@H](Cc3cc(F)cc(F)c3)NC(=O)Cn3nc(C(F)F)c4c3C(F)(F)[C@@H]3C[C@H]43)n2)n1. The number of benzene rings is 2. The Morgan fingerprint density at radius 3 is 2.27 bits per heavy atom. The molecule has 0 unspecified atom stereocenters. The van der Waals surface area contributed by atoms with E-state index in [1.807, 2.05) is 4.72 Å². The van der Waals surface area contributed by atoms with Gasteiger partial charge in [-0.15, -0.1) is 0 Å². The summed E-state index contributed by atoms with van der Waals surface area (Å²) in [5.41, 5.74) is -4.02. The predicted molar refractivity (Wildman–Crippen MR) is 206 cm³/mol. The molecule has 4 heterocycles. The summed E-state index contributed by atoms with van der Waals surface area (Å²) in [5, 5.41) is 9.22. The van der Waals surface area contributed by atoms with Crippen molar-refractivity contribution in [2.24, 2.45) is 5.92 Å². The molecule has 1 saturated carbocycles. The summed E-state index contributed by atoms with van der Waals surface area (Å²) in [4.78, 5) is 41.9. The summed E-state index contributed by atoms with van der Waals surface area (Å²) in [6.07, 6.45) is -8.33. The minimum atomic E-state index is -5.01. The number of rotatable bonds is 12. The number of nitrogens with one attached hydrogen (secondary N) is 2. The Bertz CT molecular complexity index is 3010. The number of alkyl halides is 7. The highest BCUT2D eigenvalue weighted by Crippen LogP contribution is 2.68.